The summed E-state index contributed by atoms with van der Waals surface area (Å²) in [6.45, 7) is 1.64. The Hall–Kier alpha value is -0.990. The summed E-state index contributed by atoms with van der Waals surface area (Å²) < 4.78 is 47.0. The number of hydrogen-bond acceptors (Lipinski definition) is 4. The van der Waals surface area contributed by atoms with Crippen molar-refractivity contribution in [3.63, 3.8) is 0 Å². The van der Waals surface area contributed by atoms with Crippen LogP contribution in [0.2, 0.25) is 0 Å². The fraction of sp³-hybridized carbons (Fsp3) is 0.417. The molecule has 1 atom stereocenters. The van der Waals surface area contributed by atoms with Crippen LogP contribution in [-0.2, 0) is 19.9 Å². The summed E-state index contributed by atoms with van der Waals surface area (Å²) in [5.41, 5.74) is -0.00480. The molecule has 0 heterocycles. The maximum atomic E-state index is 13.4. The van der Waals surface area contributed by atoms with Crippen LogP contribution in [0.4, 0.5) is 4.39 Å². The average Bonchev–Trinajstić information content (AvgIpc) is 2.35. The highest BCUT2D eigenvalue weighted by atomic mass is 35.7. The van der Waals surface area contributed by atoms with Gasteiger partial charge in [0.1, 0.15) is 5.82 Å². The Labute approximate surface area is 129 Å². The van der Waals surface area contributed by atoms with Crippen molar-refractivity contribution in [2.24, 2.45) is 0 Å². The summed E-state index contributed by atoms with van der Waals surface area (Å²) >= 11 is 0. The van der Waals surface area contributed by atoms with E-state index >= 15 is 0 Å². The molecule has 9 heteroatoms. The van der Waals surface area contributed by atoms with Gasteiger partial charge >= 0.3 is 0 Å². The monoisotopic (exact) mass is 355 g/mol. The topological polar surface area (TPSA) is 80.3 Å². The van der Waals surface area contributed by atoms with E-state index in [-0.39, 0.29) is 17.7 Å². The Morgan fingerprint density at radius 2 is 2.05 bits per heavy atom. The summed E-state index contributed by atoms with van der Waals surface area (Å²) in [7, 11) is 0.121. The van der Waals surface area contributed by atoms with Gasteiger partial charge in [-0.2, -0.15) is 0 Å². The van der Waals surface area contributed by atoms with Crippen molar-refractivity contribution in [3.05, 3.63) is 29.1 Å². The maximum Gasteiger partial charge on any atom is 0.261 e. The molecule has 5 nitrogen and oxygen atoms in total. The third kappa shape index (κ3) is 5.37. The van der Waals surface area contributed by atoms with Crippen LogP contribution in [0.25, 0.3) is 0 Å². The molecule has 1 aromatic rings. The van der Waals surface area contributed by atoms with Crippen molar-refractivity contribution in [1.29, 1.82) is 0 Å². The van der Waals surface area contributed by atoms with Crippen molar-refractivity contribution in [3.8, 4) is 0 Å². The lowest BCUT2D eigenvalue weighted by atomic mass is 10.1. The fourth-order valence-corrected chi connectivity index (χ4v) is 3.48. The number of benzene rings is 1. The van der Waals surface area contributed by atoms with Crippen LogP contribution in [0.15, 0.2) is 17.0 Å². The van der Waals surface area contributed by atoms with E-state index in [1.807, 2.05) is 0 Å². The molecule has 1 N–H and O–H groups in total. The number of carbonyl (C=O) groups excluding carboxylic acids is 1. The summed E-state index contributed by atoms with van der Waals surface area (Å²) in [6, 6.07) is 1.73. The SMILES string of the molecule is Cc1c(C(=O)NCCCS(C)=O)cc(F)cc1S(=O)(=O)Cl. The number of hydrogen-bond donors (Lipinski definition) is 1. The highest BCUT2D eigenvalue weighted by Gasteiger charge is 2.20. The van der Waals surface area contributed by atoms with E-state index in [0.29, 0.717) is 12.2 Å². The minimum Gasteiger partial charge on any atom is -0.352 e. The Morgan fingerprint density at radius 3 is 2.57 bits per heavy atom. The second-order valence-electron chi connectivity index (χ2n) is 4.40. The molecule has 0 saturated carbocycles. The third-order valence-corrected chi connectivity index (χ3v) is 5.04. The van der Waals surface area contributed by atoms with Gasteiger partial charge in [-0.25, -0.2) is 12.8 Å². The highest BCUT2D eigenvalue weighted by molar-refractivity contribution is 8.13. The van der Waals surface area contributed by atoms with Gasteiger partial charge < -0.3 is 5.32 Å². The fourth-order valence-electron chi connectivity index (χ4n) is 1.72. The van der Waals surface area contributed by atoms with E-state index in [0.717, 1.165) is 12.1 Å². The molecule has 1 unspecified atom stereocenters. The number of rotatable bonds is 6. The van der Waals surface area contributed by atoms with Crippen LogP contribution < -0.4 is 5.32 Å². The second-order valence-corrected chi connectivity index (χ2v) is 8.49. The quantitative estimate of drug-likeness (QED) is 0.620. The smallest absolute Gasteiger partial charge is 0.261 e. The lowest BCUT2D eigenvalue weighted by Crippen LogP contribution is -2.26. The molecule has 21 heavy (non-hydrogen) atoms. The molecule has 0 aliphatic heterocycles. The number of amides is 1. The maximum absolute atomic E-state index is 13.4. The molecule has 0 radical (unpaired) electrons. The van der Waals surface area contributed by atoms with E-state index in [4.69, 9.17) is 10.7 Å². The zero-order chi connectivity index (χ0) is 16.2. The molecule has 0 bridgehead atoms. The van der Waals surface area contributed by atoms with E-state index in [9.17, 15) is 21.8 Å². The zero-order valence-electron chi connectivity index (χ0n) is 11.5. The van der Waals surface area contributed by atoms with Crippen molar-refractivity contribution in [2.75, 3.05) is 18.6 Å². The molecular weight excluding hydrogens is 341 g/mol. The van der Waals surface area contributed by atoms with Crippen LogP contribution in [0.5, 0.6) is 0 Å². The van der Waals surface area contributed by atoms with Crippen molar-refractivity contribution >= 4 is 36.4 Å². The number of halogens is 2. The van der Waals surface area contributed by atoms with Crippen LogP contribution >= 0.6 is 10.7 Å². The van der Waals surface area contributed by atoms with Gasteiger partial charge in [0.2, 0.25) is 0 Å². The predicted octanol–water partition coefficient (Wildman–Crippen LogP) is 1.56. The van der Waals surface area contributed by atoms with E-state index < -0.39 is 36.5 Å². The first-order valence-corrected chi connectivity index (χ1v) is 9.99. The normalized spacial score (nSPS) is 13.0. The first kappa shape index (κ1) is 18.1. The van der Waals surface area contributed by atoms with Crippen molar-refractivity contribution < 1.29 is 21.8 Å². The molecular formula is C12H15ClFNO4S2. The Balaban J connectivity index is 2.95. The molecule has 0 saturated heterocycles. The molecule has 0 aliphatic carbocycles. The van der Waals surface area contributed by atoms with Gasteiger partial charge in [-0.05, 0) is 31.0 Å². The minimum atomic E-state index is -4.14. The first-order chi connectivity index (χ1) is 9.62. The average molecular weight is 356 g/mol. The van der Waals surface area contributed by atoms with Crippen LogP contribution in [-0.4, -0.2) is 37.1 Å². The van der Waals surface area contributed by atoms with Gasteiger partial charge in [0.25, 0.3) is 15.0 Å². The summed E-state index contributed by atoms with van der Waals surface area (Å²) in [4.78, 5) is 11.5. The molecule has 1 amide bonds. The molecule has 0 spiro atoms. The highest BCUT2D eigenvalue weighted by Crippen LogP contribution is 2.24. The molecule has 0 aromatic heterocycles. The molecule has 0 fully saturated rings. The summed E-state index contributed by atoms with van der Waals surface area (Å²) in [6.07, 6.45) is 2.06. The van der Waals surface area contributed by atoms with Gasteiger partial charge in [0, 0.05) is 45.6 Å². The number of nitrogens with one attached hydrogen (secondary N) is 1. The summed E-state index contributed by atoms with van der Waals surface area (Å²) in [5, 5.41) is 2.52. The van der Waals surface area contributed by atoms with Gasteiger partial charge in [0.05, 0.1) is 4.90 Å². The standard InChI is InChI=1S/C12H15ClFNO4S2/c1-8-10(12(16)15-4-3-5-20(2)17)6-9(14)7-11(8)21(13,18)19/h6-7H,3-5H2,1-2H3,(H,15,16). The van der Waals surface area contributed by atoms with Crippen molar-refractivity contribution in [2.45, 2.75) is 18.2 Å². The largest absolute Gasteiger partial charge is 0.352 e. The van der Waals surface area contributed by atoms with Crippen molar-refractivity contribution in [1.82, 2.24) is 5.32 Å². The molecule has 0 aliphatic rings. The third-order valence-electron chi connectivity index (χ3n) is 2.73. The Kier molecular flexibility index (Phi) is 6.30. The predicted molar refractivity (Wildman–Crippen MR) is 80.1 cm³/mol. The molecule has 1 aromatic carbocycles. The van der Waals surface area contributed by atoms with Crippen LogP contribution in [0.3, 0.4) is 0 Å². The van der Waals surface area contributed by atoms with E-state index in [1.165, 1.54) is 6.92 Å². The minimum absolute atomic E-state index is 0.0861. The second kappa shape index (κ2) is 7.33. The van der Waals surface area contributed by atoms with E-state index in [1.54, 1.807) is 6.26 Å². The van der Waals surface area contributed by atoms with Gasteiger partial charge in [-0.1, -0.05) is 0 Å². The Morgan fingerprint density at radius 1 is 1.43 bits per heavy atom. The van der Waals surface area contributed by atoms with Gasteiger partial charge in [-0.3, -0.25) is 9.00 Å². The zero-order valence-corrected chi connectivity index (χ0v) is 13.9. The summed E-state index contributed by atoms with van der Waals surface area (Å²) in [5.74, 6) is -1.03. The van der Waals surface area contributed by atoms with Gasteiger partial charge in [-0.15, -0.1) is 0 Å². The molecule has 1 rings (SSSR count). The molecule has 118 valence electrons. The van der Waals surface area contributed by atoms with Gasteiger partial charge in [0.15, 0.2) is 0 Å². The Bertz CT molecular complexity index is 676. The lowest BCUT2D eigenvalue weighted by molar-refractivity contribution is 0.0952. The first-order valence-electron chi connectivity index (χ1n) is 5.96. The number of carbonyl (C=O) groups is 1. The van der Waals surface area contributed by atoms with Crippen LogP contribution in [0.1, 0.15) is 22.3 Å². The van der Waals surface area contributed by atoms with E-state index in [2.05, 4.69) is 5.32 Å². The van der Waals surface area contributed by atoms with Crippen LogP contribution in [0, 0.1) is 12.7 Å². The lowest BCUT2D eigenvalue weighted by Gasteiger charge is -2.10.